The maximum absolute atomic E-state index is 12.1. The number of carbonyl (C=O) groups excluding carboxylic acids is 1. The van der Waals surface area contributed by atoms with Crippen LogP contribution in [0.3, 0.4) is 0 Å². The summed E-state index contributed by atoms with van der Waals surface area (Å²) in [7, 11) is 0. The number of esters is 1. The van der Waals surface area contributed by atoms with Crippen molar-refractivity contribution in [2.75, 3.05) is 0 Å². The highest BCUT2D eigenvalue weighted by Crippen LogP contribution is 2.27. The van der Waals surface area contributed by atoms with Crippen molar-refractivity contribution >= 4 is 40.1 Å². The van der Waals surface area contributed by atoms with Crippen molar-refractivity contribution in [3.63, 3.8) is 0 Å². The van der Waals surface area contributed by atoms with Crippen LogP contribution in [0.2, 0.25) is 10.0 Å². The molecule has 0 bridgehead atoms. The highest BCUT2D eigenvalue weighted by Gasteiger charge is 2.12. The molecule has 1 aromatic heterocycles. The van der Waals surface area contributed by atoms with Crippen molar-refractivity contribution in [1.82, 2.24) is 4.98 Å². The van der Waals surface area contributed by atoms with Crippen LogP contribution in [0.25, 0.3) is 10.9 Å². The maximum Gasteiger partial charge on any atom is 0.338 e. The number of halogens is 2. The van der Waals surface area contributed by atoms with Crippen molar-refractivity contribution in [1.29, 1.82) is 0 Å². The van der Waals surface area contributed by atoms with Crippen LogP contribution in [0.1, 0.15) is 21.5 Å². The molecule has 0 radical (unpaired) electrons. The fraction of sp³-hybridized carbons (Fsp3) is 0.111. The van der Waals surface area contributed by atoms with E-state index < -0.39 is 5.97 Å². The minimum Gasteiger partial charge on any atom is -0.457 e. The summed E-state index contributed by atoms with van der Waals surface area (Å²) >= 11 is 12.2. The van der Waals surface area contributed by atoms with E-state index in [1.165, 1.54) is 0 Å². The molecule has 2 aromatic carbocycles. The Balaban J connectivity index is 1.85. The number of benzene rings is 2. The van der Waals surface area contributed by atoms with Crippen LogP contribution in [-0.4, -0.2) is 11.0 Å². The summed E-state index contributed by atoms with van der Waals surface area (Å²) in [6, 6.07) is 12.6. The van der Waals surface area contributed by atoms with E-state index in [9.17, 15) is 4.79 Å². The van der Waals surface area contributed by atoms with Gasteiger partial charge in [-0.25, -0.2) is 4.79 Å². The van der Waals surface area contributed by atoms with E-state index in [2.05, 4.69) is 4.98 Å². The lowest BCUT2D eigenvalue weighted by atomic mass is 10.1. The van der Waals surface area contributed by atoms with Gasteiger partial charge in [0.05, 0.1) is 16.1 Å². The van der Waals surface area contributed by atoms with E-state index in [1.807, 2.05) is 25.1 Å². The van der Waals surface area contributed by atoms with Crippen LogP contribution < -0.4 is 0 Å². The number of pyridine rings is 1. The van der Waals surface area contributed by atoms with Crippen molar-refractivity contribution in [2.24, 2.45) is 0 Å². The fourth-order valence-electron chi connectivity index (χ4n) is 2.26. The largest absolute Gasteiger partial charge is 0.457 e. The Kier molecular flexibility index (Phi) is 4.51. The van der Waals surface area contributed by atoms with Gasteiger partial charge < -0.3 is 4.74 Å². The predicted molar refractivity (Wildman–Crippen MR) is 92.1 cm³/mol. The first kappa shape index (κ1) is 15.8. The summed E-state index contributed by atoms with van der Waals surface area (Å²) < 4.78 is 5.38. The molecule has 0 spiro atoms. The van der Waals surface area contributed by atoms with Crippen LogP contribution in [0.4, 0.5) is 0 Å². The van der Waals surface area contributed by atoms with Gasteiger partial charge in [0.15, 0.2) is 0 Å². The van der Waals surface area contributed by atoms with Crippen LogP contribution in [0, 0.1) is 6.92 Å². The molecule has 3 rings (SSSR count). The molecule has 0 aliphatic carbocycles. The Morgan fingerprint density at radius 2 is 1.87 bits per heavy atom. The Hall–Kier alpha value is -2.10. The van der Waals surface area contributed by atoms with Gasteiger partial charge in [-0.3, -0.25) is 4.98 Å². The number of fused-ring (bicyclic) bond motifs is 1. The van der Waals surface area contributed by atoms with E-state index >= 15 is 0 Å². The van der Waals surface area contributed by atoms with E-state index in [-0.39, 0.29) is 6.61 Å². The lowest BCUT2D eigenvalue weighted by Crippen LogP contribution is -2.06. The molecule has 116 valence electrons. The third-order valence-corrected chi connectivity index (χ3v) is 4.06. The van der Waals surface area contributed by atoms with Gasteiger partial charge in [0.1, 0.15) is 6.61 Å². The molecule has 0 saturated heterocycles. The fourth-order valence-corrected chi connectivity index (χ4v) is 2.63. The maximum atomic E-state index is 12.1. The summed E-state index contributed by atoms with van der Waals surface area (Å²) in [5.74, 6) is -0.396. The normalized spacial score (nSPS) is 10.7. The molecule has 0 unspecified atom stereocenters. The standard InChI is InChI=1S/C18H13Cl2NO2/c1-11-2-4-12(5-3-11)18(22)23-10-15-16(20)7-6-13-8-14(19)9-21-17(13)15/h2-9H,10H2,1H3. The second kappa shape index (κ2) is 6.57. The molecular formula is C18H13Cl2NO2. The monoisotopic (exact) mass is 345 g/mol. The van der Waals surface area contributed by atoms with Crippen LogP contribution >= 0.6 is 23.2 Å². The van der Waals surface area contributed by atoms with Gasteiger partial charge in [-0.05, 0) is 31.2 Å². The second-order valence-electron chi connectivity index (χ2n) is 5.19. The molecular weight excluding hydrogens is 333 g/mol. The first-order valence-electron chi connectivity index (χ1n) is 7.01. The Morgan fingerprint density at radius 3 is 2.61 bits per heavy atom. The van der Waals surface area contributed by atoms with E-state index in [4.69, 9.17) is 27.9 Å². The average Bonchev–Trinajstić information content (AvgIpc) is 2.54. The molecule has 0 amide bonds. The second-order valence-corrected chi connectivity index (χ2v) is 6.04. The van der Waals surface area contributed by atoms with Gasteiger partial charge in [-0.1, -0.05) is 47.0 Å². The zero-order chi connectivity index (χ0) is 16.4. The number of ether oxygens (including phenoxy) is 1. The van der Waals surface area contributed by atoms with E-state index in [0.717, 1.165) is 10.9 Å². The quantitative estimate of drug-likeness (QED) is 0.612. The molecule has 0 N–H and O–H groups in total. The molecule has 0 aliphatic rings. The highest BCUT2D eigenvalue weighted by atomic mass is 35.5. The van der Waals surface area contributed by atoms with Gasteiger partial charge in [0.25, 0.3) is 0 Å². The minimum atomic E-state index is -0.396. The number of rotatable bonds is 3. The topological polar surface area (TPSA) is 39.2 Å². The molecule has 23 heavy (non-hydrogen) atoms. The van der Waals surface area contributed by atoms with Crippen LogP contribution in [0.15, 0.2) is 48.7 Å². The van der Waals surface area contributed by atoms with Gasteiger partial charge in [-0.2, -0.15) is 0 Å². The summed E-state index contributed by atoms with van der Waals surface area (Å²) in [6.45, 7) is 2.01. The molecule has 0 atom stereocenters. The van der Waals surface area contributed by atoms with Crippen molar-refractivity contribution in [3.8, 4) is 0 Å². The summed E-state index contributed by atoms with van der Waals surface area (Å²) in [6.07, 6.45) is 1.55. The Bertz CT molecular complexity index is 876. The number of nitrogens with zero attached hydrogens (tertiary/aromatic N) is 1. The molecule has 5 heteroatoms. The number of carbonyl (C=O) groups is 1. The number of aryl methyl sites for hydroxylation is 1. The lowest BCUT2D eigenvalue weighted by molar-refractivity contribution is 0.0474. The molecule has 3 nitrogen and oxygen atoms in total. The molecule has 0 fully saturated rings. The van der Waals surface area contributed by atoms with Gasteiger partial charge in [0, 0.05) is 22.2 Å². The zero-order valence-corrected chi connectivity index (χ0v) is 13.9. The predicted octanol–water partition coefficient (Wildman–Crippen LogP) is 5.21. The van der Waals surface area contributed by atoms with Gasteiger partial charge in [0.2, 0.25) is 0 Å². The first-order valence-corrected chi connectivity index (χ1v) is 7.76. The number of hydrogen-bond donors (Lipinski definition) is 0. The summed E-state index contributed by atoms with van der Waals surface area (Å²) in [5, 5.41) is 1.90. The third kappa shape index (κ3) is 3.46. The molecule has 0 saturated carbocycles. The van der Waals surface area contributed by atoms with E-state index in [1.54, 1.807) is 30.5 Å². The first-order chi connectivity index (χ1) is 11.0. The van der Waals surface area contributed by atoms with Crippen LogP contribution in [-0.2, 0) is 11.3 Å². The SMILES string of the molecule is Cc1ccc(C(=O)OCc2c(Cl)ccc3cc(Cl)cnc23)cc1. The van der Waals surface area contributed by atoms with Crippen LogP contribution in [0.5, 0.6) is 0 Å². The smallest absolute Gasteiger partial charge is 0.338 e. The van der Waals surface area contributed by atoms with Crippen molar-refractivity contribution < 1.29 is 9.53 Å². The van der Waals surface area contributed by atoms with E-state index in [0.29, 0.717) is 26.7 Å². The number of aromatic nitrogens is 1. The molecule has 1 heterocycles. The summed E-state index contributed by atoms with van der Waals surface area (Å²) in [5.41, 5.74) is 2.93. The number of hydrogen-bond acceptors (Lipinski definition) is 3. The van der Waals surface area contributed by atoms with Crippen molar-refractivity contribution in [2.45, 2.75) is 13.5 Å². The minimum absolute atomic E-state index is 0.0531. The molecule has 3 aromatic rings. The highest BCUT2D eigenvalue weighted by molar-refractivity contribution is 6.33. The average molecular weight is 346 g/mol. The van der Waals surface area contributed by atoms with Crippen molar-refractivity contribution in [3.05, 3.63) is 75.4 Å². The molecule has 0 aliphatic heterocycles. The Morgan fingerprint density at radius 1 is 1.13 bits per heavy atom. The summed E-state index contributed by atoms with van der Waals surface area (Å²) in [4.78, 5) is 16.4. The Labute approximate surface area is 143 Å². The van der Waals surface area contributed by atoms with Gasteiger partial charge in [-0.15, -0.1) is 0 Å². The lowest BCUT2D eigenvalue weighted by Gasteiger charge is -2.10. The zero-order valence-electron chi connectivity index (χ0n) is 12.3. The van der Waals surface area contributed by atoms with Gasteiger partial charge >= 0.3 is 5.97 Å². The third-order valence-electron chi connectivity index (χ3n) is 3.50.